The van der Waals surface area contributed by atoms with E-state index in [1.807, 2.05) is 42.5 Å². The molecular weight excluding hydrogens is 759 g/mol. The maximum Gasteiger partial charge on any atom is 0.168 e. The van der Waals surface area contributed by atoms with Gasteiger partial charge in [0.25, 0.3) is 0 Å². The molecule has 0 aliphatic heterocycles. The first-order valence-electron chi connectivity index (χ1n) is 20.9. The van der Waals surface area contributed by atoms with Crippen LogP contribution in [0.2, 0.25) is 0 Å². The summed E-state index contributed by atoms with van der Waals surface area (Å²) in [5, 5.41) is 16.4. The second-order valence-corrected chi connectivity index (χ2v) is 15.9. The molecule has 0 atom stereocenters. The minimum atomic E-state index is 0.800. The molecule has 62 heavy (non-hydrogen) atoms. The number of aromatic nitrogens is 5. The Labute approximate surface area is 355 Å². The average Bonchev–Trinajstić information content (AvgIpc) is 4.12. The molecule has 0 saturated heterocycles. The Morgan fingerprint density at radius 3 is 1.60 bits per heavy atom. The van der Waals surface area contributed by atoms with Crippen LogP contribution in [-0.4, -0.2) is 23.9 Å². The van der Waals surface area contributed by atoms with Gasteiger partial charge in [0.15, 0.2) is 11.6 Å². The Kier molecular flexibility index (Phi) is 7.50. The summed E-state index contributed by atoms with van der Waals surface area (Å²) in [6.45, 7) is 0. The predicted octanol–water partition coefficient (Wildman–Crippen LogP) is 14.4. The molecule has 4 aromatic heterocycles. The first-order valence-corrected chi connectivity index (χ1v) is 20.9. The van der Waals surface area contributed by atoms with Crippen molar-refractivity contribution in [1.29, 1.82) is 0 Å². The van der Waals surface area contributed by atoms with Crippen LogP contribution < -0.4 is 0 Å². The number of fused-ring (bicyclic) bond motifs is 10. The van der Waals surface area contributed by atoms with Gasteiger partial charge >= 0.3 is 0 Å². The Hall–Kier alpha value is -8.48. The SMILES string of the molecule is c1ccc(-c2nnc(-c3ccccc3)n2-c2ccc3c(c2)c2ccccc2n3-c2ccc(-c3cccc(-n4c5ccccc5c5c6oc7ccccc7c6ccc54)c3)cc2)cc1. The molecule has 0 spiro atoms. The van der Waals surface area contributed by atoms with E-state index in [1.54, 1.807) is 0 Å². The van der Waals surface area contributed by atoms with Crippen molar-refractivity contribution in [1.82, 2.24) is 23.9 Å². The van der Waals surface area contributed by atoms with E-state index < -0.39 is 0 Å². The number of furan rings is 1. The molecule has 13 rings (SSSR count). The second kappa shape index (κ2) is 13.5. The van der Waals surface area contributed by atoms with Crippen LogP contribution in [0.3, 0.4) is 0 Å². The summed E-state index contributed by atoms with van der Waals surface area (Å²) in [6.07, 6.45) is 0. The highest BCUT2D eigenvalue weighted by Crippen LogP contribution is 2.41. The predicted molar refractivity (Wildman–Crippen MR) is 254 cm³/mol. The van der Waals surface area contributed by atoms with E-state index in [9.17, 15) is 0 Å². The Balaban J connectivity index is 0.914. The van der Waals surface area contributed by atoms with Gasteiger partial charge in [0.2, 0.25) is 0 Å². The third-order valence-electron chi connectivity index (χ3n) is 12.4. The molecule has 0 fully saturated rings. The van der Waals surface area contributed by atoms with Crippen LogP contribution >= 0.6 is 0 Å². The summed E-state index contributed by atoms with van der Waals surface area (Å²) in [6, 6.07) is 75.1. The molecule has 9 aromatic carbocycles. The highest BCUT2D eigenvalue weighted by Gasteiger charge is 2.21. The summed E-state index contributed by atoms with van der Waals surface area (Å²) in [7, 11) is 0. The van der Waals surface area contributed by atoms with Crippen LogP contribution in [0.5, 0.6) is 0 Å². The quantitative estimate of drug-likeness (QED) is 0.168. The molecule has 0 unspecified atom stereocenters. The molecule has 0 saturated carbocycles. The molecule has 0 aliphatic rings. The Bertz CT molecular complexity index is 3800. The maximum atomic E-state index is 6.56. The fourth-order valence-corrected chi connectivity index (χ4v) is 9.60. The molecule has 0 aliphatic carbocycles. The molecule has 0 bridgehead atoms. The van der Waals surface area contributed by atoms with E-state index in [4.69, 9.17) is 14.6 Å². The van der Waals surface area contributed by atoms with Gasteiger partial charge < -0.3 is 13.6 Å². The monoisotopic (exact) mass is 793 g/mol. The van der Waals surface area contributed by atoms with E-state index in [0.717, 1.165) is 106 Å². The number of hydrogen-bond acceptors (Lipinski definition) is 3. The van der Waals surface area contributed by atoms with Crippen LogP contribution in [0.1, 0.15) is 0 Å². The zero-order valence-electron chi connectivity index (χ0n) is 33.4. The average molecular weight is 794 g/mol. The van der Waals surface area contributed by atoms with Crippen LogP contribution in [0.25, 0.3) is 117 Å². The van der Waals surface area contributed by atoms with E-state index in [1.165, 1.54) is 10.8 Å². The zero-order valence-corrected chi connectivity index (χ0v) is 33.4. The first-order chi connectivity index (χ1) is 30.8. The molecule has 0 radical (unpaired) electrons. The molecular formula is C56H35N5O. The summed E-state index contributed by atoms with van der Waals surface area (Å²) in [5.74, 6) is 1.60. The van der Waals surface area contributed by atoms with Gasteiger partial charge in [-0.25, -0.2) is 0 Å². The van der Waals surface area contributed by atoms with Gasteiger partial charge in [-0.2, -0.15) is 0 Å². The molecule has 6 heteroatoms. The van der Waals surface area contributed by atoms with Crippen molar-refractivity contribution in [3.8, 4) is 51.0 Å². The van der Waals surface area contributed by atoms with Crippen LogP contribution in [0, 0.1) is 0 Å². The number of benzene rings is 9. The lowest BCUT2D eigenvalue weighted by Gasteiger charge is -2.13. The smallest absolute Gasteiger partial charge is 0.168 e. The third kappa shape index (κ3) is 5.17. The van der Waals surface area contributed by atoms with Gasteiger partial charge in [0.1, 0.15) is 11.2 Å². The van der Waals surface area contributed by atoms with E-state index in [2.05, 4.69) is 184 Å². The lowest BCUT2D eigenvalue weighted by molar-refractivity contribution is 0.673. The summed E-state index contributed by atoms with van der Waals surface area (Å²) < 4.78 is 13.5. The summed E-state index contributed by atoms with van der Waals surface area (Å²) in [4.78, 5) is 0. The number of para-hydroxylation sites is 3. The van der Waals surface area contributed by atoms with Gasteiger partial charge in [0.05, 0.1) is 33.1 Å². The van der Waals surface area contributed by atoms with Gasteiger partial charge in [-0.15, -0.1) is 10.2 Å². The molecule has 13 aromatic rings. The number of hydrogen-bond donors (Lipinski definition) is 0. The Morgan fingerprint density at radius 2 is 0.855 bits per heavy atom. The minimum absolute atomic E-state index is 0.800. The highest BCUT2D eigenvalue weighted by molar-refractivity contribution is 6.23. The van der Waals surface area contributed by atoms with Crippen LogP contribution in [0.4, 0.5) is 0 Å². The fourth-order valence-electron chi connectivity index (χ4n) is 9.60. The molecule has 0 N–H and O–H groups in total. The number of rotatable bonds is 6. The number of nitrogens with zero attached hydrogens (tertiary/aromatic N) is 5. The zero-order chi connectivity index (χ0) is 40.7. The van der Waals surface area contributed by atoms with Crippen molar-refractivity contribution < 1.29 is 4.42 Å². The van der Waals surface area contributed by atoms with Crippen molar-refractivity contribution >= 4 is 65.6 Å². The minimum Gasteiger partial charge on any atom is -0.455 e. The van der Waals surface area contributed by atoms with E-state index >= 15 is 0 Å². The van der Waals surface area contributed by atoms with Crippen molar-refractivity contribution in [2.24, 2.45) is 0 Å². The van der Waals surface area contributed by atoms with Gasteiger partial charge in [-0.3, -0.25) is 4.57 Å². The molecule has 4 heterocycles. The molecule has 0 amide bonds. The maximum absolute atomic E-state index is 6.56. The Morgan fingerprint density at radius 1 is 0.306 bits per heavy atom. The highest BCUT2D eigenvalue weighted by atomic mass is 16.3. The largest absolute Gasteiger partial charge is 0.455 e. The topological polar surface area (TPSA) is 53.7 Å². The molecule has 290 valence electrons. The molecule has 6 nitrogen and oxygen atoms in total. The van der Waals surface area contributed by atoms with Gasteiger partial charge in [0, 0.05) is 49.4 Å². The second-order valence-electron chi connectivity index (χ2n) is 15.9. The van der Waals surface area contributed by atoms with Crippen LogP contribution in [-0.2, 0) is 0 Å². The summed E-state index contributed by atoms with van der Waals surface area (Å²) in [5.41, 5.74) is 13.9. The van der Waals surface area contributed by atoms with Gasteiger partial charge in [-0.1, -0.05) is 140 Å². The standard InChI is InChI=1S/C56H35N5O/c1-3-14-37(15-4-1)55-57-58-56(38-16-5-2-6-17-38)61(55)42-30-32-50-47(35-42)43-20-7-10-23-48(43)59(50)40-28-26-36(27-29-40)39-18-13-19-41(34-39)60-49-24-11-8-22-46(49)53-51(60)33-31-45-44-21-9-12-25-52(44)62-54(45)53/h1-35H. The third-order valence-corrected chi connectivity index (χ3v) is 12.4. The first kappa shape index (κ1) is 34.4. The normalized spacial score (nSPS) is 11.9. The summed E-state index contributed by atoms with van der Waals surface area (Å²) >= 11 is 0. The van der Waals surface area contributed by atoms with E-state index in [0.29, 0.717) is 0 Å². The lowest BCUT2D eigenvalue weighted by atomic mass is 10.0. The van der Waals surface area contributed by atoms with E-state index in [-0.39, 0.29) is 0 Å². The lowest BCUT2D eigenvalue weighted by Crippen LogP contribution is -2.01. The van der Waals surface area contributed by atoms with Crippen molar-refractivity contribution in [2.75, 3.05) is 0 Å². The van der Waals surface area contributed by atoms with Crippen molar-refractivity contribution in [3.05, 3.63) is 212 Å². The fraction of sp³-hybridized carbons (Fsp3) is 0. The van der Waals surface area contributed by atoms with Crippen LogP contribution in [0.15, 0.2) is 217 Å². The van der Waals surface area contributed by atoms with Gasteiger partial charge in [-0.05, 0) is 83.9 Å². The van der Waals surface area contributed by atoms with Crippen molar-refractivity contribution in [3.63, 3.8) is 0 Å². The van der Waals surface area contributed by atoms with Crippen molar-refractivity contribution in [2.45, 2.75) is 0 Å².